The molecule has 7 heteroatoms. The molecule has 1 amide bonds. The highest BCUT2D eigenvalue weighted by atomic mass is 16.5. The smallest absolute Gasteiger partial charge is 0.303 e. The number of ether oxygens (including phenoxy) is 1. The number of carbonyl (C=O) groups is 2. The van der Waals surface area contributed by atoms with Crippen LogP contribution in [0.4, 0.5) is 0 Å². The molecule has 0 saturated carbocycles. The van der Waals surface area contributed by atoms with E-state index >= 15 is 0 Å². The molecule has 7 nitrogen and oxygen atoms in total. The number of aliphatic carboxylic acids is 1. The maximum atomic E-state index is 11.5. The Morgan fingerprint density at radius 2 is 2.22 bits per heavy atom. The molecule has 18 heavy (non-hydrogen) atoms. The Hall–Kier alpha value is -1.18. The lowest BCUT2D eigenvalue weighted by molar-refractivity contribution is -0.137. The summed E-state index contributed by atoms with van der Waals surface area (Å²) in [6.07, 6.45) is 0.270. The lowest BCUT2D eigenvalue weighted by Gasteiger charge is -2.31. The average Bonchev–Trinajstić information content (AvgIpc) is 2.34. The van der Waals surface area contributed by atoms with E-state index in [-0.39, 0.29) is 31.6 Å². The van der Waals surface area contributed by atoms with Crippen LogP contribution in [-0.4, -0.2) is 72.5 Å². The molecule has 0 bridgehead atoms. The van der Waals surface area contributed by atoms with Crippen LogP contribution in [0.1, 0.15) is 12.8 Å². The number of carbonyl (C=O) groups excluding carboxylic acids is 1. The molecule has 0 aromatic heterocycles. The Morgan fingerprint density at radius 3 is 2.89 bits per heavy atom. The summed E-state index contributed by atoms with van der Waals surface area (Å²) < 4.78 is 5.28. The number of rotatable bonds is 7. The highest BCUT2D eigenvalue weighted by Crippen LogP contribution is 2.03. The fraction of sp³-hybridized carbons (Fsp3) is 0.818. The van der Waals surface area contributed by atoms with Crippen molar-refractivity contribution < 1.29 is 24.5 Å². The first-order chi connectivity index (χ1) is 8.61. The van der Waals surface area contributed by atoms with E-state index in [1.165, 1.54) is 0 Å². The molecule has 1 unspecified atom stereocenters. The van der Waals surface area contributed by atoms with Crippen molar-refractivity contribution in [3.8, 4) is 0 Å². The molecule has 0 spiro atoms. The number of nitrogens with one attached hydrogen (secondary N) is 1. The Bertz CT molecular complexity index is 285. The molecule has 104 valence electrons. The highest BCUT2D eigenvalue weighted by molar-refractivity contribution is 5.78. The molecular weight excluding hydrogens is 240 g/mol. The summed E-state index contributed by atoms with van der Waals surface area (Å²) in [5.74, 6) is -0.984. The van der Waals surface area contributed by atoms with Crippen molar-refractivity contribution in [1.29, 1.82) is 0 Å². The van der Waals surface area contributed by atoms with Gasteiger partial charge in [-0.2, -0.15) is 0 Å². The van der Waals surface area contributed by atoms with Crippen LogP contribution >= 0.6 is 0 Å². The lowest BCUT2D eigenvalue weighted by atomic mass is 10.2. The van der Waals surface area contributed by atoms with E-state index in [2.05, 4.69) is 5.32 Å². The standard InChI is InChI=1S/C11H20N2O5/c14-8-9-6-13(4-5-18-9)7-10(15)12-3-1-2-11(16)17/h9,14H,1-8H2,(H,12,15)(H,16,17). The first kappa shape index (κ1) is 14.9. The number of morpholine rings is 1. The normalized spacial score (nSPS) is 20.6. The second-order valence-electron chi connectivity index (χ2n) is 4.26. The first-order valence-corrected chi connectivity index (χ1v) is 6.05. The van der Waals surface area contributed by atoms with Gasteiger partial charge in [0.2, 0.25) is 5.91 Å². The van der Waals surface area contributed by atoms with Crippen molar-refractivity contribution in [2.75, 3.05) is 39.4 Å². The van der Waals surface area contributed by atoms with Crippen LogP contribution < -0.4 is 5.32 Å². The molecular formula is C11H20N2O5. The molecule has 3 N–H and O–H groups in total. The molecule has 1 heterocycles. The molecule has 0 aliphatic carbocycles. The minimum absolute atomic E-state index is 0.0449. The van der Waals surface area contributed by atoms with Crippen molar-refractivity contribution >= 4 is 11.9 Å². The van der Waals surface area contributed by atoms with Gasteiger partial charge in [0.25, 0.3) is 0 Å². The summed E-state index contributed by atoms with van der Waals surface area (Å²) in [6, 6.07) is 0. The monoisotopic (exact) mass is 260 g/mol. The number of hydrogen-bond donors (Lipinski definition) is 3. The average molecular weight is 260 g/mol. The van der Waals surface area contributed by atoms with Gasteiger partial charge in [0.1, 0.15) is 0 Å². The van der Waals surface area contributed by atoms with Gasteiger partial charge in [-0.1, -0.05) is 0 Å². The second-order valence-corrected chi connectivity index (χ2v) is 4.26. The summed E-state index contributed by atoms with van der Waals surface area (Å²) in [6.45, 7) is 2.30. The van der Waals surface area contributed by atoms with Gasteiger partial charge in [-0.05, 0) is 6.42 Å². The van der Waals surface area contributed by atoms with Gasteiger partial charge in [-0.25, -0.2) is 0 Å². The third-order valence-electron chi connectivity index (χ3n) is 2.68. The van der Waals surface area contributed by atoms with E-state index in [1.807, 2.05) is 4.90 Å². The van der Waals surface area contributed by atoms with E-state index < -0.39 is 5.97 Å². The van der Waals surface area contributed by atoms with Crippen LogP contribution in [0.15, 0.2) is 0 Å². The second kappa shape index (κ2) is 8.02. The van der Waals surface area contributed by atoms with Crippen LogP contribution in [0, 0.1) is 0 Å². The SMILES string of the molecule is O=C(O)CCCNC(=O)CN1CCOC(CO)C1. The zero-order valence-corrected chi connectivity index (χ0v) is 10.3. The van der Waals surface area contributed by atoms with Gasteiger partial charge < -0.3 is 20.3 Å². The number of nitrogens with zero attached hydrogens (tertiary/aromatic N) is 1. The largest absolute Gasteiger partial charge is 0.481 e. The fourth-order valence-electron chi connectivity index (χ4n) is 1.76. The summed E-state index contributed by atoms with van der Waals surface area (Å²) >= 11 is 0. The van der Waals surface area contributed by atoms with Crippen molar-refractivity contribution in [1.82, 2.24) is 10.2 Å². The maximum absolute atomic E-state index is 11.5. The Labute approximate surface area is 106 Å². The van der Waals surface area contributed by atoms with Gasteiger partial charge in [0, 0.05) is 26.1 Å². The van der Waals surface area contributed by atoms with E-state index in [4.69, 9.17) is 14.9 Å². The van der Waals surface area contributed by atoms with Crippen molar-refractivity contribution in [2.24, 2.45) is 0 Å². The summed E-state index contributed by atoms with van der Waals surface area (Å²) in [5, 5.41) is 20.1. The highest BCUT2D eigenvalue weighted by Gasteiger charge is 2.21. The Balaban J connectivity index is 2.13. The topological polar surface area (TPSA) is 99.1 Å². The number of hydrogen-bond acceptors (Lipinski definition) is 5. The van der Waals surface area contributed by atoms with Crippen LogP contribution in [-0.2, 0) is 14.3 Å². The van der Waals surface area contributed by atoms with Crippen molar-refractivity contribution in [3.05, 3.63) is 0 Å². The maximum Gasteiger partial charge on any atom is 0.303 e. The zero-order chi connectivity index (χ0) is 13.4. The molecule has 1 aliphatic heterocycles. The number of amides is 1. The molecule has 1 saturated heterocycles. The zero-order valence-electron chi connectivity index (χ0n) is 10.3. The van der Waals surface area contributed by atoms with Crippen LogP contribution in [0.25, 0.3) is 0 Å². The quantitative estimate of drug-likeness (QED) is 0.490. The minimum Gasteiger partial charge on any atom is -0.481 e. The Kier molecular flexibility index (Phi) is 6.63. The van der Waals surface area contributed by atoms with Crippen LogP contribution in [0.3, 0.4) is 0 Å². The van der Waals surface area contributed by atoms with Crippen LogP contribution in [0.2, 0.25) is 0 Å². The van der Waals surface area contributed by atoms with Gasteiger partial charge in [-0.15, -0.1) is 0 Å². The third-order valence-corrected chi connectivity index (χ3v) is 2.68. The summed E-state index contributed by atoms with van der Waals surface area (Å²) in [5.41, 5.74) is 0. The van der Waals surface area contributed by atoms with Crippen LogP contribution in [0.5, 0.6) is 0 Å². The number of carboxylic acid groups (broad SMARTS) is 1. The number of aliphatic hydroxyl groups excluding tert-OH is 1. The van der Waals surface area contributed by atoms with E-state index in [0.717, 1.165) is 0 Å². The van der Waals surface area contributed by atoms with E-state index in [1.54, 1.807) is 0 Å². The van der Waals surface area contributed by atoms with E-state index in [0.29, 0.717) is 32.7 Å². The van der Waals surface area contributed by atoms with Crippen molar-refractivity contribution in [3.63, 3.8) is 0 Å². The molecule has 1 aliphatic rings. The van der Waals surface area contributed by atoms with Gasteiger partial charge in [-0.3, -0.25) is 14.5 Å². The Morgan fingerprint density at radius 1 is 1.44 bits per heavy atom. The van der Waals surface area contributed by atoms with Gasteiger partial charge >= 0.3 is 5.97 Å². The fourth-order valence-corrected chi connectivity index (χ4v) is 1.76. The van der Waals surface area contributed by atoms with Crippen molar-refractivity contribution in [2.45, 2.75) is 18.9 Å². The molecule has 1 fully saturated rings. The summed E-state index contributed by atoms with van der Waals surface area (Å²) in [4.78, 5) is 23.7. The predicted octanol–water partition coefficient (Wildman–Crippen LogP) is -1.34. The minimum atomic E-state index is -0.858. The number of carboxylic acids is 1. The molecule has 1 atom stereocenters. The van der Waals surface area contributed by atoms with Gasteiger partial charge in [0.15, 0.2) is 0 Å². The third kappa shape index (κ3) is 5.95. The molecule has 1 rings (SSSR count). The molecule has 0 aromatic rings. The van der Waals surface area contributed by atoms with E-state index in [9.17, 15) is 9.59 Å². The predicted molar refractivity (Wildman–Crippen MR) is 63.1 cm³/mol. The first-order valence-electron chi connectivity index (χ1n) is 6.05. The molecule has 0 radical (unpaired) electrons. The van der Waals surface area contributed by atoms with Gasteiger partial charge in [0.05, 0.1) is 25.9 Å². The lowest BCUT2D eigenvalue weighted by Crippen LogP contribution is -2.48. The number of aliphatic hydroxyl groups is 1. The molecule has 0 aromatic carbocycles. The summed E-state index contributed by atoms with van der Waals surface area (Å²) in [7, 11) is 0.